The largest absolute Gasteiger partial charge is 0.497 e. The molecule has 0 N–H and O–H groups in total. The number of carbonyl (C=O) groups excluding carboxylic acids is 2. The minimum Gasteiger partial charge on any atom is -0.497 e. The summed E-state index contributed by atoms with van der Waals surface area (Å²) in [5.41, 5.74) is 1.04. The molecule has 1 heterocycles. The second-order valence-corrected chi connectivity index (χ2v) is 5.47. The maximum Gasteiger partial charge on any atom is 0.316 e. The second kappa shape index (κ2) is 6.70. The highest BCUT2D eigenvalue weighted by molar-refractivity contribution is 6.40. The van der Waals surface area contributed by atoms with Crippen LogP contribution in [0.3, 0.4) is 0 Å². The van der Waals surface area contributed by atoms with E-state index in [9.17, 15) is 14.0 Å². The van der Waals surface area contributed by atoms with Crippen molar-refractivity contribution in [1.82, 2.24) is 4.90 Å². The number of anilines is 1. The molecule has 1 aliphatic heterocycles. The van der Waals surface area contributed by atoms with Crippen LogP contribution in [0.15, 0.2) is 48.5 Å². The normalized spacial score (nSPS) is 14.9. The average Bonchev–Trinajstić information content (AvgIpc) is 2.61. The molecule has 1 fully saturated rings. The number of carbonyl (C=O) groups is 2. The quantitative estimate of drug-likeness (QED) is 0.809. The van der Waals surface area contributed by atoms with Crippen molar-refractivity contribution in [2.24, 2.45) is 0 Å². The smallest absolute Gasteiger partial charge is 0.316 e. The van der Waals surface area contributed by atoms with E-state index in [1.807, 2.05) is 0 Å². The van der Waals surface area contributed by atoms with E-state index in [1.165, 1.54) is 15.9 Å². The fourth-order valence-electron chi connectivity index (χ4n) is 2.67. The van der Waals surface area contributed by atoms with Crippen LogP contribution >= 0.6 is 0 Å². The van der Waals surface area contributed by atoms with Crippen LogP contribution in [0.5, 0.6) is 5.75 Å². The van der Waals surface area contributed by atoms with Crippen molar-refractivity contribution in [3.63, 3.8) is 0 Å². The fourth-order valence-corrected chi connectivity index (χ4v) is 2.67. The van der Waals surface area contributed by atoms with Crippen molar-refractivity contribution in [2.45, 2.75) is 6.54 Å². The molecule has 3 rings (SSSR count). The van der Waals surface area contributed by atoms with E-state index in [2.05, 4.69) is 0 Å². The van der Waals surface area contributed by atoms with Gasteiger partial charge in [-0.15, -0.1) is 0 Å². The van der Waals surface area contributed by atoms with E-state index in [4.69, 9.17) is 4.74 Å². The molecule has 24 heavy (non-hydrogen) atoms. The van der Waals surface area contributed by atoms with Crippen LogP contribution in [0.4, 0.5) is 10.1 Å². The Labute approximate surface area is 139 Å². The molecule has 0 saturated carbocycles. The van der Waals surface area contributed by atoms with Gasteiger partial charge in [0.2, 0.25) is 0 Å². The van der Waals surface area contributed by atoms with Crippen LogP contribution in [-0.4, -0.2) is 36.9 Å². The van der Waals surface area contributed by atoms with E-state index in [0.29, 0.717) is 30.1 Å². The molecule has 0 atom stereocenters. The van der Waals surface area contributed by atoms with Gasteiger partial charge in [-0.05, 0) is 30.3 Å². The molecule has 0 spiro atoms. The monoisotopic (exact) mass is 328 g/mol. The lowest BCUT2D eigenvalue weighted by Gasteiger charge is -2.33. The molecule has 0 aliphatic carbocycles. The van der Waals surface area contributed by atoms with Crippen LogP contribution in [0.25, 0.3) is 0 Å². The summed E-state index contributed by atoms with van der Waals surface area (Å²) >= 11 is 0. The number of benzene rings is 2. The van der Waals surface area contributed by atoms with Gasteiger partial charge in [-0.3, -0.25) is 9.59 Å². The Morgan fingerprint density at radius 2 is 1.71 bits per heavy atom. The number of rotatable bonds is 4. The SMILES string of the molecule is COc1ccc(N2CCN(Cc3ccccc3F)C(=O)C2=O)cc1. The number of amides is 2. The molecule has 0 radical (unpaired) electrons. The number of hydrogen-bond donors (Lipinski definition) is 0. The predicted octanol–water partition coefficient (Wildman–Crippen LogP) is 2.21. The predicted molar refractivity (Wildman–Crippen MR) is 87.2 cm³/mol. The molecule has 6 heteroatoms. The first kappa shape index (κ1) is 16.0. The number of methoxy groups -OCH3 is 1. The summed E-state index contributed by atoms with van der Waals surface area (Å²) in [6.07, 6.45) is 0. The zero-order valence-corrected chi connectivity index (χ0v) is 13.2. The van der Waals surface area contributed by atoms with E-state index >= 15 is 0 Å². The second-order valence-electron chi connectivity index (χ2n) is 5.47. The highest BCUT2D eigenvalue weighted by atomic mass is 19.1. The fraction of sp³-hybridized carbons (Fsp3) is 0.222. The van der Waals surface area contributed by atoms with Crippen molar-refractivity contribution in [3.8, 4) is 5.75 Å². The molecule has 0 bridgehead atoms. The number of hydrogen-bond acceptors (Lipinski definition) is 3. The van der Waals surface area contributed by atoms with Gasteiger partial charge in [0.1, 0.15) is 11.6 Å². The Balaban J connectivity index is 1.73. The van der Waals surface area contributed by atoms with E-state index in [0.717, 1.165) is 0 Å². The first-order valence-electron chi connectivity index (χ1n) is 7.58. The van der Waals surface area contributed by atoms with Crippen LogP contribution in [-0.2, 0) is 16.1 Å². The minimum absolute atomic E-state index is 0.0910. The number of ether oxygens (including phenoxy) is 1. The van der Waals surface area contributed by atoms with Crippen molar-refractivity contribution in [2.75, 3.05) is 25.1 Å². The summed E-state index contributed by atoms with van der Waals surface area (Å²) in [5.74, 6) is -0.936. The van der Waals surface area contributed by atoms with Crippen molar-refractivity contribution in [3.05, 3.63) is 59.9 Å². The molecule has 1 saturated heterocycles. The zero-order valence-electron chi connectivity index (χ0n) is 13.2. The van der Waals surface area contributed by atoms with Gasteiger partial charge in [0, 0.05) is 30.9 Å². The van der Waals surface area contributed by atoms with Crippen LogP contribution in [0, 0.1) is 5.82 Å². The molecular formula is C18H17FN2O3. The van der Waals surface area contributed by atoms with Gasteiger partial charge < -0.3 is 14.5 Å². The lowest BCUT2D eigenvalue weighted by Crippen LogP contribution is -2.54. The molecule has 1 aliphatic rings. The van der Waals surface area contributed by atoms with Crippen LogP contribution in [0.1, 0.15) is 5.56 Å². The summed E-state index contributed by atoms with van der Waals surface area (Å²) < 4.78 is 18.8. The lowest BCUT2D eigenvalue weighted by atomic mass is 10.1. The topological polar surface area (TPSA) is 49.9 Å². The Kier molecular flexibility index (Phi) is 4.46. The number of halogens is 1. The van der Waals surface area contributed by atoms with Crippen molar-refractivity contribution in [1.29, 1.82) is 0 Å². The Morgan fingerprint density at radius 1 is 1.00 bits per heavy atom. The van der Waals surface area contributed by atoms with E-state index in [1.54, 1.807) is 49.6 Å². The van der Waals surface area contributed by atoms with Crippen molar-refractivity contribution < 1.29 is 18.7 Å². The molecule has 0 aromatic heterocycles. The van der Waals surface area contributed by atoms with Crippen molar-refractivity contribution >= 4 is 17.5 Å². The zero-order chi connectivity index (χ0) is 17.1. The third-order valence-corrected chi connectivity index (χ3v) is 4.01. The standard InChI is InChI=1S/C18H17FN2O3/c1-24-15-8-6-14(7-9-15)21-11-10-20(17(22)18(21)23)12-13-4-2-3-5-16(13)19/h2-9H,10-12H2,1H3. The highest BCUT2D eigenvalue weighted by Gasteiger charge is 2.33. The average molecular weight is 328 g/mol. The van der Waals surface area contributed by atoms with E-state index in [-0.39, 0.29) is 12.4 Å². The van der Waals surface area contributed by atoms with Gasteiger partial charge in [-0.25, -0.2) is 4.39 Å². The molecule has 0 unspecified atom stereocenters. The van der Waals surface area contributed by atoms with Gasteiger partial charge in [0.15, 0.2) is 0 Å². The third kappa shape index (κ3) is 3.08. The Hall–Kier alpha value is -2.89. The summed E-state index contributed by atoms with van der Waals surface area (Å²) in [6.45, 7) is 0.810. The lowest BCUT2D eigenvalue weighted by molar-refractivity contribution is -0.146. The number of piperazine rings is 1. The summed E-state index contributed by atoms with van der Waals surface area (Å²) in [4.78, 5) is 27.5. The maximum atomic E-state index is 13.7. The first-order chi connectivity index (χ1) is 11.6. The van der Waals surface area contributed by atoms with E-state index < -0.39 is 11.8 Å². The van der Waals surface area contributed by atoms with Gasteiger partial charge in [0.05, 0.1) is 7.11 Å². The van der Waals surface area contributed by atoms with Gasteiger partial charge in [-0.2, -0.15) is 0 Å². The molecule has 5 nitrogen and oxygen atoms in total. The van der Waals surface area contributed by atoms with Crippen LogP contribution < -0.4 is 9.64 Å². The van der Waals surface area contributed by atoms with Crippen LogP contribution in [0.2, 0.25) is 0 Å². The Morgan fingerprint density at radius 3 is 2.38 bits per heavy atom. The minimum atomic E-state index is -0.625. The number of nitrogens with zero attached hydrogens (tertiary/aromatic N) is 2. The molecular weight excluding hydrogens is 311 g/mol. The molecule has 124 valence electrons. The molecule has 2 aromatic rings. The maximum absolute atomic E-state index is 13.7. The first-order valence-corrected chi connectivity index (χ1v) is 7.58. The third-order valence-electron chi connectivity index (χ3n) is 4.01. The Bertz CT molecular complexity index is 761. The highest BCUT2D eigenvalue weighted by Crippen LogP contribution is 2.22. The summed E-state index contributed by atoms with van der Waals surface area (Å²) in [7, 11) is 1.56. The summed E-state index contributed by atoms with van der Waals surface area (Å²) in [6, 6.07) is 13.2. The van der Waals surface area contributed by atoms with Gasteiger partial charge >= 0.3 is 11.8 Å². The van der Waals surface area contributed by atoms with Gasteiger partial charge in [0.25, 0.3) is 0 Å². The molecule has 2 amide bonds. The molecule has 2 aromatic carbocycles. The summed E-state index contributed by atoms with van der Waals surface area (Å²) in [5, 5.41) is 0. The van der Waals surface area contributed by atoms with Gasteiger partial charge in [-0.1, -0.05) is 18.2 Å².